The van der Waals surface area contributed by atoms with Crippen LogP contribution in [0.5, 0.6) is 0 Å². The molecule has 140 valence electrons. The molecule has 2 N–H and O–H groups in total. The topological polar surface area (TPSA) is 97.9 Å². The van der Waals surface area contributed by atoms with Crippen LogP contribution in [0.3, 0.4) is 0 Å². The fourth-order valence-corrected chi connectivity index (χ4v) is 3.25. The van der Waals surface area contributed by atoms with E-state index in [4.69, 9.17) is 4.42 Å². The zero-order valence-corrected chi connectivity index (χ0v) is 15.6. The number of nitrogens with one attached hydrogen (secondary N) is 2. The van der Waals surface area contributed by atoms with Gasteiger partial charge in [-0.15, -0.1) is 0 Å². The van der Waals surface area contributed by atoms with Crippen molar-refractivity contribution in [2.45, 2.75) is 39.7 Å². The van der Waals surface area contributed by atoms with Gasteiger partial charge in [-0.25, -0.2) is 14.6 Å². The highest BCUT2D eigenvalue weighted by molar-refractivity contribution is 5.94. The summed E-state index contributed by atoms with van der Waals surface area (Å²) in [6.45, 7) is 6.61. The Balaban J connectivity index is 1.74. The predicted octanol–water partition coefficient (Wildman–Crippen LogP) is 2.54. The number of rotatable bonds is 4. The first-order chi connectivity index (χ1) is 13.0. The molecule has 3 aromatic rings. The largest absolute Gasteiger partial charge is 0.458 e. The van der Waals surface area contributed by atoms with Crippen LogP contribution in [0.1, 0.15) is 30.0 Å². The van der Waals surface area contributed by atoms with Gasteiger partial charge in [-0.1, -0.05) is 0 Å². The zero-order chi connectivity index (χ0) is 19.0. The smallest absolute Gasteiger partial charge is 0.242 e. The van der Waals surface area contributed by atoms with E-state index in [1.165, 1.54) is 0 Å². The van der Waals surface area contributed by atoms with Gasteiger partial charge in [0.15, 0.2) is 17.4 Å². The molecule has 0 saturated carbocycles. The van der Waals surface area contributed by atoms with Crippen molar-refractivity contribution in [1.29, 1.82) is 0 Å². The molecule has 1 aliphatic rings. The van der Waals surface area contributed by atoms with Gasteiger partial charge in [-0.05, 0) is 58.4 Å². The van der Waals surface area contributed by atoms with Crippen LogP contribution >= 0.6 is 0 Å². The number of hydrogen-bond donors (Lipinski definition) is 2. The molecule has 3 aromatic heterocycles. The molecule has 0 bridgehead atoms. The third-order valence-corrected chi connectivity index (χ3v) is 4.53. The van der Waals surface area contributed by atoms with E-state index < -0.39 is 0 Å². The van der Waals surface area contributed by atoms with Crippen LogP contribution in [0.4, 0.5) is 5.82 Å². The molecule has 0 aliphatic carbocycles. The van der Waals surface area contributed by atoms with Crippen LogP contribution in [0, 0.1) is 20.8 Å². The summed E-state index contributed by atoms with van der Waals surface area (Å²) < 4.78 is 7.41. The summed E-state index contributed by atoms with van der Waals surface area (Å²) in [5, 5.41) is 10.6. The highest BCUT2D eigenvalue weighted by atomic mass is 16.3. The second kappa shape index (κ2) is 6.96. The SMILES string of the molecule is Cc1cc(C)n(-c2cc(NC(=O)C3CCCN3)nc(-c3ccc(C)o3)n2)n1. The summed E-state index contributed by atoms with van der Waals surface area (Å²) in [6, 6.07) is 7.19. The molecule has 1 fully saturated rings. The molecule has 8 heteroatoms. The van der Waals surface area contributed by atoms with Gasteiger partial charge in [0.05, 0.1) is 11.7 Å². The van der Waals surface area contributed by atoms with E-state index in [0.29, 0.717) is 23.2 Å². The van der Waals surface area contributed by atoms with Gasteiger partial charge >= 0.3 is 0 Å². The third-order valence-electron chi connectivity index (χ3n) is 4.53. The number of aryl methyl sites for hydroxylation is 3. The van der Waals surface area contributed by atoms with Crippen molar-refractivity contribution in [3.05, 3.63) is 41.4 Å². The summed E-state index contributed by atoms with van der Waals surface area (Å²) in [4.78, 5) is 21.6. The lowest BCUT2D eigenvalue weighted by atomic mass is 10.2. The number of carbonyl (C=O) groups is 1. The van der Waals surface area contributed by atoms with Crippen molar-refractivity contribution in [2.24, 2.45) is 0 Å². The molecule has 4 rings (SSSR count). The van der Waals surface area contributed by atoms with Crippen molar-refractivity contribution in [3.63, 3.8) is 0 Å². The van der Waals surface area contributed by atoms with E-state index in [0.717, 1.165) is 36.5 Å². The van der Waals surface area contributed by atoms with Crippen LogP contribution in [0.15, 0.2) is 28.7 Å². The van der Waals surface area contributed by atoms with Crippen molar-refractivity contribution in [1.82, 2.24) is 25.1 Å². The summed E-state index contributed by atoms with van der Waals surface area (Å²) >= 11 is 0. The minimum absolute atomic E-state index is 0.0907. The van der Waals surface area contributed by atoms with Crippen molar-refractivity contribution in [2.75, 3.05) is 11.9 Å². The molecule has 1 amide bonds. The monoisotopic (exact) mass is 366 g/mol. The second-order valence-corrected chi connectivity index (χ2v) is 6.82. The Hall–Kier alpha value is -3.00. The molecular weight excluding hydrogens is 344 g/mol. The molecule has 1 aliphatic heterocycles. The van der Waals surface area contributed by atoms with Crippen LogP contribution in [0.2, 0.25) is 0 Å². The van der Waals surface area contributed by atoms with Crippen LogP contribution in [-0.2, 0) is 4.79 Å². The maximum atomic E-state index is 12.5. The number of nitrogens with zero attached hydrogens (tertiary/aromatic N) is 4. The molecule has 8 nitrogen and oxygen atoms in total. The Kier molecular flexibility index (Phi) is 4.49. The molecule has 0 radical (unpaired) electrons. The van der Waals surface area contributed by atoms with Gasteiger partial charge in [0.1, 0.15) is 11.6 Å². The molecule has 1 atom stereocenters. The van der Waals surface area contributed by atoms with Crippen LogP contribution in [0.25, 0.3) is 17.4 Å². The van der Waals surface area contributed by atoms with Gasteiger partial charge in [0.25, 0.3) is 0 Å². The van der Waals surface area contributed by atoms with Gasteiger partial charge in [-0.2, -0.15) is 5.10 Å². The van der Waals surface area contributed by atoms with Gasteiger partial charge in [-0.3, -0.25) is 4.79 Å². The Bertz CT molecular complexity index is 984. The fraction of sp³-hybridized carbons (Fsp3) is 0.368. The number of furan rings is 1. The molecule has 0 aromatic carbocycles. The Morgan fingerprint density at radius 2 is 2.11 bits per heavy atom. The third kappa shape index (κ3) is 3.61. The highest BCUT2D eigenvalue weighted by Crippen LogP contribution is 2.23. The lowest BCUT2D eigenvalue weighted by molar-refractivity contribution is -0.117. The molecule has 0 spiro atoms. The predicted molar refractivity (Wildman–Crippen MR) is 101 cm³/mol. The molecule has 4 heterocycles. The first-order valence-electron chi connectivity index (χ1n) is 9.03. The van der Waals surface area contributed by atoms with Crippen LogP contribution in [-0.4, -0.2) is 38.2 Å². The Labute approximate surface area is 157 Å². The summed E-state index contributed by atoms with van der Waals surface area (Å²) in [5.74, 6) is 2.63. The van der Waals surface area contributed by atoms with Crippen molar-refractivity contribution in [3.8, 4) is 17.4 Å². The highest BCUT2D eigenvalue weighted by Gasteiger charge is 2.23. The first-order valence-corrected chi connectivity index (χ1v) is 9.03. The lowest BCUT2D eigenvalue weighted by Gasteiger charge is -2.12. The van der Waals surface area contributed by atoms with Gasteiger partial charge < -0.3 is 15.1 Å². The normalized spacial score (nSPS) is 16.6. The number of aromatic nitrogens is 4. The molecule has 27 heavy (non-hydrogen) atoms. The molecule has 1 unspecified atom stereocenters. The Morgan fingerprint density at radius 1 is 1.26 bits per heavy atom. The van der Waals surface area contributed by atoms with E-state index in [1.807, 2.05) is 39.0 Å². The molecular formula is C19H22N6O2. The Morgan fingerprint density at radius 3 is 2.74 bits per heavy atom. The second-order valence-electron chi connectivity index (χ2n) is 6.82. The van der Waals surface area contributed by atoms with E-state index in [9.17, 15) is 4.79 Å². The van der Waals surface area contributed by atoms with Crippen molar-refractivity contribution < 1.29 is 9.21 Å². The number of anilines is 1. The average Bonchev–Trinajstić information content (AvgIpc) is 3.36. The number of hydrogen-bond acceptors (Lipinski definition) is 6. The average molecular weight is 366 g/mol. The maximum absolute atomic E-state index is 12.5. The summed E-state index contributed by atoms with van der Waals surface area (Å²) in [7, 11) is 0. The molecule has 1 saturated heterocycles. The van der Waals surface area contributed by atoms with Gasteiger partial charge in [0.2, 0.25) is 5.91 Å². The minimum atomic E-state index is -0.189. The lowest BCUT2D eigenvalue weighted by Crippen LogP contribution is -2.35. The van der Waals surface area contributed by atoms with Crippen LogP contribution < -0.4 is 10.6 Å². The minimum Gasteiger partial charge on any atom is -0.458 e. The van der Waals surface area contributed by atoms with Crippen molar-refractivity contribution >= 4 is 11.7 Å². The number of carbonyl (C=O) groups excluding carboxylic acids is 1. The van der Waals surface area contributed by atoms with E-state index in [-0.39, 0.29) is 11.9 Å². The van der Waals surface area contributed by atoms with Gasteiger partial charge in [0, 0.05) is 11.8 Å². The zero-order valence-electron chi connectivity index (χ0n) is 15.6. The maximum Gasteiger partial charge on any atom is 0.242 e. The van der Waals surface area contributed by atoms with E-state index in [2.05, 4.69) is 25.7 Å². The first kappa shape index (κ1) is 17.4. The number of amides is 1. The summed E-state index contributed by atoms with van der Waals surface area (Å²) in [6.07, 6.45) is 1.82. The van der Waals surface area contributed by atoms with E-state index >= 15 is 0 Å². The standard InChI is InChI=1S/C19H22N6O2/c1-11-9-12(2)25(24-11)17-10-16(22-19(26)14-5-4-8-20-14)21-18(23-17)15-7-6-13(3)27-15/h6-7,9-10,14,20H,4-5,8H2,1-3H3,(H,21,22,23,26). The fourth-order valence-electron chi connectivity index (χ4n) is 3.25. The summed E-state index contributed by atoms with van der Waals surface area (Å²) in [5.41, 5.74) is 1.84. The quantitative estimate of drug-likeness (QED) is 0.736. The van der Waals surface area contributed by atoms with E-state index in [1.54, 1.807) is 10.7 Å².